The Morgan fingerprint density at radius 2 is 0.450 bits per heavy atom. The summed E-state index contributed by atoms with van der Waals surface area (Å²) < 4.78 is 843. The predicted molar refractivity (Wildman–Crippen MR) is 208 cm³/mol. The number of anilines is 1. The lowest BCUT2D eigenvalue weighted by Crippen LogP contribution is -2.74. The maximum atomic E-state index is 15.7. The normalized spacial score (nSPS) is 20.3. The molecule has 0 spiro atoms. The molecular formula is C38H9BF59NO12. The van der Waals surface area contributed by atoms with Gasteiger partial charge in [-0.15, -0.1) is 0 Å². The van der Waals surface area contributed by atoms with Crippen LogP contribution in [0.1, 0.15) is 5.56 Å². The molecule has 0 heterocycles. The Morgan fingerprint density at radius 1 is 0.270 bits per heavy atom. The number of halogens is 59. The lowest BCUT2D eigenvalue weighted by molar-refractivity contribution is -0.612. The monoisotopic (exact) mass is 1800 g/mol. The van der Waals surface area contributed by atoms with Crippen LogP contribution in [0, 0.1) is 0 Å². The molecular weight excluding hydrogens is 1790 g/mol. The average molecular weight is 1800 g/mol. The van der Waals surface area contributed by atoms with Crippen LogP contribution >= 0.6 is 0 Å². The summed E-state index contributed by atoms with van der Waals surface area (Å²) in [5.74, 6) is -99.5. The summed E-state index contributed by atoms with van der Waals surface area (Å²) in [4.78, 5) is 11.6. The van der Waals surface area contributed by atoms with Crippen LogP contribution in [0.15, 0.2) is 30.9 Å². The fourth-order valence-corrected chi connectivity index (χ4v) is 6.13. The van der Waals surface area contributed by atoms with Crippen LogP contribution in [0.3, 0.4) is 0 Å². The van der Waals surface area contributed by atoms with Gasteiger partial charge in [0.1, 0.15) is 0 Å². The maximum absolute atomic E-state index is 15.7. The molecule has 0 aliphatic rings. The molecule has 1 aromatic carbocycles. The van der Waals surface area contributed by atoms with Crippen molar-refractivity contribution in [2.24, 2.45) is 0 Å². The Morgan fingerprint density at radius 3 is 0.604 bits per heavy atom. The minimum atomic E-state index is -10.5. The first-order chi connectivity index (χ1) is 47.3. The highest BCUT2D eigenvalue weighted by atomic mass is 19.5. The van der Waals surface area contributed by atoms with E-state index in [-0.39, 0.29) is 12.1 Å². The largest absolute Gasteiger partial charge is 0.488 e. The van der Waals surface area contributed by atoms with Crippen molar-refractivity contribution in [1.29, 1.82) is 0 Å². The van der Waals surface area contributed by atoms with E-state index in [2.05, 4.69) is 6.58 Å². The number of benzene rings is 1. The summed E-state index contributed by atoms with van der Waals surface area (Å²) in [7, 11) is -3.58. The van der Waals surface area contributed by atoms with Crippen molar-refractivity contribution < 1.29 is 317 Å². The second-order valence-electron chi connectivity index (χ2n) is 19.4. The van der Waals surface area contributed by atoms with Gasteiger partial charge in [-0.2, -0.15) is 259 Å². The molecule has 0 radical (unpaired) electrons. The standard InChI is InChI=1S/C38H9BF59NO12/c1-2-9(100)99-8-4-6(3-7(5-8)39(101)102)10(40,20(51,52)53)103-31(83,84)12(43,22(57,58)59)105-33(87,88)14(45,24(63,64)65)107-35(91,92)16(47,26(69,70)71)109-37(95,96)18(49,28(75,76)77)111-38(97,98)19(50,29(78,79)80)110-36(93,94)17(48,27(72,73)74)108-34(89,90)15(46,25(66,67)68)106-32(85,86)13(44,23(60,61)62)104-30(81,82)11(41,42)21(54,55)56/h2-5,101-102H,1H2,(H,99,100). The van der Waals surface area contributed by atoms with Crippen LogP contribution in [-0.4, -0.2) is 193 Å². The Kier molecular flexibility index (Phi) is 26.3. The van der Waals surface area contributed by atoms with E-state index in [4.69, 9.17) is 0 Å². The smallest absolute Gasteiger partial charge is 0.423 e. The third kappa shape index (κ3) is 17.7. The lowest BCUT2D eigenvalue weighted by atomic mass is 9.78. The van der Waals surface area contributed by atoms with E-state index in [1.54, 1.807) is 4.74 Å². The van der Waals surface area contributed by atoms with E-state index in [1.807, 2.05) is 0 Å². The third-order valence-electron chi connectivity index (χ3n) is 11.5. The summed E-state index contributed by atoms with van der Waals surface area (Å²) in [5.41, 5.74) is -7.17. The first kappa shape index (κ1) is 103. The molecule has 654 valence electrons. The van der Waals surface area contributed by atoms with Gasteiger partial charge in [0, 0.05) is 11.3 Å². The van der Waals surface area contributed by atoms with Crippen LogP contribution in [0.5, 0.6) is 0 Å². The van der Waals surface area contributed by atoms with Gasteiger partial charge in [0.2, 0.25) is 5.91 Å². The topological polar surface area (TPSA) is 153 Å². The minimum Gasteiger partial charge on any atom is -0.423 e. The highest BCUT2D eigenvalue weighted by Gasteiger charge is 2.95. The number of alkyl halides is 59. The molecule has 1 rings (SSSR count). The van der Waals surface area contributed by atoms with E-state index in [1.165, 1.54) is 0 Å². The summed E-state index contributed by atoms with van der Waals surface area (Å²) in [6.07, 6.45) is -184. The average Bonchev–Trinajstić information content (AvgIpc) is 0.709. The first-order valence-electron chi connectivity index (χ1n) is 23.8. The van der Waals surface area contributed by atoms with E-state index in [9.17, 15) is 208 Å². The van der Waals surface area contributed by atoms with E-state index in [0.29, 0.717) is 33.2 Å². The summed E-state index contributed by atoms with van der Waals surface area (Å²) in [6, 6.07) is -2.35. The van der Waals surface area contributed by atoms with Crippen LogP contribution in [0.25, 0.3) is 0 Å². The maximum Gasteiger partial charge on any atom is 0.488 e. The fraction of sp³-hybridized carbons (Fsp3) is 0.763. The second-order valence-corrected chi connectivity index (χ2v) is 19.4. The van der Waals surface area contributed by atoms with Gasteiger partial charge in [-0.05, 0) is 23.7 Å². The number of amides is 1. The van der Waals surface area contributed by atoms with Gasteiger partial charge in [-0.3, -0.25) is 47.4 Å². The number of carbonyl (C=O) groups is 1. The van der Waals surface area contributed by atoms with Gasteiger partial charge < -0.3 is 15.4 Å². The number of ether oxygens (including phenoxy) is 9. The highest BCUT2D eigenvalue weighted by molar-refractivity contribution is 6.58. The van der Waals surface area contributed by atoms with Crippen molar-refractivity contribution in [2.45, 2.75) is 175 Å². The molecule has 0 fully saturated rings. The zero-order valence-corrected chi connectivity index (χ0v) is 47.9. The summed E-state index contributed by atoms with van der Waals surface area (Å²) in [6.45, 7) is 2.59. The van der Waals surface area contributed by atoms with E-state index < -0.39 is 217 Å². The molecule has 1 amide bonds. The molecule has 0 aliphatic carbocycles. The molecule has 0 aliphatic heterocycles. The number of nitrogens with one attached hydrogen (secondary N) is 1. The van der Waals surface area contributed by atoms with Crippen molar-refractivity contribution in [1.82, 2.24) is 0 Å². The van der Waals surface area contributed by atoms with Crippen LogP contribution < -0.4 is 10.8 Å². The first-order valence-corrected chi connectivity index (χ1v) is 23.8. The SMILES string of the molecule is C=CC(=O)Nc1cc(B(O)O)cc(C(F)(OC(F)(F)C(F)(OC(F)(F)C(F)(OC(F)(F)C(F)(OC(F)(F)C(F)(OC(F)(F)C(F)(OC(F)(F)C(F)(OC(F)(F)C(F)(OC(F)(F)C(F)(OC(F)(F)C(F)(F)C(F)(F)F)C(F)(F)F)C(F)(F)F)C(F)(F)F)C(F)(F)F)C(F)(F)F)C(F)(F)F)C(F)(F)F)C(F)(F)F)C(F)(F)F)c1. The van der Waals surface area contributed by atoms with Gasteiger partial charge in [-0.25, -0.2) is 0 Å². The summed E-state index contributed by atoms with van der Waals surface area (Å²) >= 11 is 0. The fourth-order valence-electron chi connectivity index (χ4n) is 6.13. The Labute approximate surface area is 558 Å². The molecule has 1 aromatic rings. The van der Waals surface area contributed by atoms with Crippen molar-refractivity contribution in [3.63, 3.8) is 0 Å². The van der Waals surface area contributed by atoms with Crippen LogP contribution in [0.4, 0.5) is 265 Å². The summed E-state index contributed by atoms with van der Waals surface area (Å²) in [5, 5.41) is 19.6. The Balaban J connectivity index is 4.57. The Bertz CT molecular complexity index is 3440. The molecule has 73 heteroatoms. The van der Waals surface area contributed by atoms with Gasteiger partial charge in [0.15, 0.2) is 0 Å². The van der Waals surface area contributed by atoms with Gasteiger partial charge in [0.05, 0.1) is 0 Å². The number of hydrogen-bond acceptors (Lipinski definition) is 12. The number of hydrogen-bond donors (Lipinski definition) is 3. The second kappa shape index (κ2) is 28.4. The molecule has 9 atom stereocenters. The number of rotatable bonds is 31. The Hall–Kier alpha value is -6.08. The zero-order chi connectivity index (χ0) is 90.3. The predicted octanol–water partition coefficient (Wildman–Crippen LogP) is 17.7. The van der Waals surface area contributed by atoms with E-state index in [0.717, 1.165) is 10.1 Å². The molecule has 3 N–H and O–H groups in total. The van der Waals surface area contributed by atoms with Gasteiger partial charge >= 0.3 is 182 Å². The quantitative estimate of drug-likeness (QED) is 0.0368. The highest BCUT2D eigenvalue weighted by Crippen LogP contribution is 2.67. The van der Waals surface area contributed by atoms with E-state index >= 15 is 65.9 Å². The molecule has 0 saturated carbocycles. The third-order valence-corrected chi connectivity index (χ3v) is 11.5. The molecule has 111 heavy (non-hydrogen) atoms. The van der Waals surface area contributed by atoms with Crippen molar-refractivity contribution >= 4 is 24.2 Å². The van der Waals surface area contributed by atoms with Crippen LogP contribution in [-0.2, 0) is 53.3 Å². The van der Waals surface area contributed by atoms with Crippen molar-refractivity contribution in [3.8, 4) is 0 Å². The molecule has 13 nitrogen and oxygen atoms in total. The lowest BCUT2D eigenvalue weighted by Gasteiger charge is -2.46. The zero-order valence-electron chi connectivity index (χ0n) is 47.9. The molecule has 9 unspecified atom stereocenters. The van der Waals surface area contributed by atoms with Gasteiger partial charge in [0.25, 0.3) is 0 Å². The molecule has 0 bridgehead atoms. The van der Waals surface area contributed by atoms with Crippen molar-refractivity contribution in [2.75, 3.05) is 5.32 Å². The van der Waals surface area contributed by atoms with Crippen LogP contribution in [0.2, 0.25) is 0 Å². The molecule has 0 saturated heterocycles. The number of carbonyl (C=O) groups excluding carboxylic acids is 1. The molecule has 0 aromatic heterocycles. The minimum absolute atomic E-state index is 0.0525. The van der Waals surface area contributed by atoms with Crippen molar-refractivity contribution in [3.05, 3.63) is 36.4 Å². The van der Waals surface area contributed by atoms with Gasteiger partial charge in [-0.1, -0.05) is 12.6 Å².